The van der Waals surface area contributed by atoms with Crippen molar-refractivity contribution in [2.75, 3.05) is 5.75 Å². The van der Waals surface area contributed by atoms with Gasteiger partial charge in [0.2, 0.25) is 3.79 Å². The number of thioether (sulfide) groups is 1. The normalized spacial score (nSPS) is 18.6. The highest BCUT2D eigenvalue weighted by Gasteiger charge is 2.42. The Bertz CT molecular complexity index is 675. The van der Waals surface area contributed by atoms with E-state index in [1.54, 1.807) is 0 Å². The molecule has 1 unspecified atom stereocenters. The predicted molar refractivity (Wildman–Crippen MR) is 110 cm³/mol. The molecule has 0 fully saturated rings. The quantitative estimate of drug-likeness (QED) is 0.330. The standard InChI is InChI=1S/C14H13Cl6N3O2S/c15-13(16,17)11-7-10(21-23(22-11)14(18,19)20)8-1-3-9(4-2-8)26-6-5-12(24)25/h1-4,11,22H,5-7H2,(H,24,25). The maximum atomic E-state index is 10.6. The van der Waals surface area contributed by atoms with Gasteiger partial charge >= 0.3 is 5.97 Å². The minimum absolute atomic E-state index is 0.0912. The fourth-order valence-corrected chi connectivity index (χ4v) is 3.55. The summed E-state index contributed by atoms with van der Waals surface area (Å²) in [5.41, 5.74) is 4.13. The van der Waals surface area contributed by atoms with Crippen LogP contribution in [0, 0.1) is 0 Å². The van der Waals surface area contributed by atoms with Crippen LogP contribution in [0.4, 0.5) is 0 Å². The number of carboxylic acids is 1. The largest absolute Gasteiger partial charge is 0.481 e. The number of nitrogens with zero attached hydrogens (tertiary/aromatic N) is 2. The second-order valence-electron chi connectivity index (χ2n) is 5.27. The lowest BCUT2D eigenvalue weighted by Crippen LogP contribution is -2.56. The van der Waals surface area contributed by atoms with Crippen LogP contribution in [-0.2, 0) is 4.79 Å². The minimum atomic E-state index is -1.87. The van der Waals surface area contributed by atoms with Crippen molar-refractivity contribution in [3.8, 4) is 0 Å². The second kappa shape index (κ2) is 9.14. The number of halogens is 6. The summed E-state index contributed by atoms with van der Waals surface area (Å²) >= 11 is 37.1. The summed E-state index contributed by atoms with van der Waals surface area (Å²) in [5, 5.41) is 14.0. The zero-order chi connectivity index (χ0) is 19.5. The van der Waals surface area contributed by atoms with Crippen molar-refractivity contribution in [2.45, 2.75) is 31.5 Å². The van der Waals surface area contributed by atoms with Crippen LogP contribution < -0.4 is 5.43 Å². The van der Waals surface area contributed by atoms with Crippen molar-refractivity contribution in [1.82, 2.24) is 10.5 Å². The fraction of sp³-hybridized carbons (Fsp3) is 0.429. The first-order valence-electron chi connectivity index (χ1n) is 7.19. The summed E-state index contributed by atoms with van der Waals surface area (Å²) in [6.45, 7) is 0. The molecule has 26 heavy (non-hydrogen) atoms. The lowest BCUT2D eigenvalue weighted by Gasteiger charge is -2.38. The van der Waals surface area contributed by atoms with Gasteiger partial charge in [-0.3, -0.25) is 4.79 Å². The molecule has 1 aliphatic heterocycles. The lowest BCUT2D eigenvalue weighted by molar-refractivity contribution is -0.136. The highest BCUT2D eigenvalue weighted by molar-refractivity contribution is 7.99. The van der Waals surface area contributed by atoms with E-state index in [-0.39, 0.29) is 6.42 Å². The van der Waals surface area contributed by atoms with Gasteiger partial charge in [-0.15, -0.1) is 11.8 Å². The van der Waals surface area contributed by atoms with Gasteiger partial charge in [-0.25, -0.2) is 5.43 Å². The molecule has 0 saturated carbocycles. The smallest absolute Gasteiger partial charge is 0.304 e. The molecule has 0 aliphatic carbocycles. The fourth-order valence-electron chi connectivity index (χ4n) is 2.07. The van der Waals surface area contributed by atoms with E-state index < -0.39 is 19.7 Å². The zero-order valence-corrected chi connectivity index (χ0v) is 18.3. The van der Waals surface area contributed by atoms with Crippen LogP contribution in [0.2, 0.25) is 0 Å². The summed E-state index contributed by atoms with van der Waals surface area (Å²) in [5.74, 6) is -0.349. The first-order chi connectivity index (χ1) is 12.0. The molecule has 0 saturated heterocycles. The molecule has 1 atom stereocenters. The monoisotopic (exact) mass is 497 g/mol. The number of hydrazine groups is 1. The maximum Gasteiger partial charge on any atom is 0.304 e. The Morgan fingerprint density at radius 3 is 2.35 bits per heavy atom. The average Bonchev–Trinajstić information content (AvgIpc) is 2.53. The third kappa shape index (κ3) is 6.67. The minimum Gasteiger partial charge on any atom is -0.481 e. The molecular formula is C14H13Cl6N3O2S. The van der Waals surface area contributed by atoms with Crippen molar-refractivity contribution in [2.24, 2.45) is 5.10 Å². The van der Waals surface area contributed by atoms with Crippen LogP contribution in [0.15, 0.2) is 34.3 Å². The molecule has 0 aromatic heterocycles. The first-order valence-corrected chi connectivity index (χ1v) is 10.4. The molecule has 12 heteroatoms. The number of alkyl halides is 6. The van der Waals surface area contributed by atoms with Gasteiger partial charge < -0.3 is 5.11 Å². The zero-order valence-electron chi connectivity index (χ0n) is 12.9. The number of carbonyl (C=O) groups is 1. The number of aliphatic carboxylic acids is 1. The topological polar surface area (TPSA) is 64.9 Å². The van der Waals surface area contributed by atoms with Crippen molar-refractivity contribution in [1.29, 1.82) is 0 Å². The molecule has 0 amide bonds. The van der Waals surface area contributed by atoms with E-state index in [1.165, 1.54) is 11.8 Å². The van der Waals surface area contributed by atoms with Crippen LogP contribution in [0.25, 0.3) is 0 Å². The van der Waals surface area contributed by atoms with Gasteiger partial charge in [-0.05, 0) is 17.7 Å². The average molecular weight is 500 g/mol. The van der Waals surface area contributed by atoms with Crippen molar-refractivity contribution in [3.63, 3.8) is 0 Å². The van der Waals surface area contributed by atoms with Crippen LogP contribution in [0.5, 0.6) is 0 Å². The molecular weight excluding hydrogens is 487 g/mol. The Hall–Kier alpha value is 0.210. The van der Waals surface area contributed by atoms with Crippen LogP contribution in [0.3, 0.4) is 0 Å². The SMILES string of the molecule is O=C(O)CCSc1ccc(C2=NN(C(Cl)(Cl)Cl)NC(C(Cl)(Cl)Cl)C2)cc1. The van der Waals surface area contributed by atoms with Gasteiger partial charge in [0.15, 0.2) is 0 Å². The third-order valence-corrected chi connectivity index (χ3v) is 5.59. The van der Waals surface area contributed by atoms with Crippen molar-refractivity contribution in [3.05, 3.63) is 29.8 Å². The highest BCUT2D eigenvalue weighted by atomic mass is 35.6. The molecule has 0 radical (unpaired) electrons. The number of rotatable bonds is 5. The van der Waals surface area contributed by atoms with Gasteiger partial charge in [0.25, 0.3) is 3.92 Å². The van der Waals surface area contributed by atoms with Gasteiger partial charge in [0.1, 0.15) is 0 Å². The van der Waals surface area contributed by atoms with E-state index in [2.05, 4.69) is 10.5 Å². The summed E-state index contributed by atoms with van der Waals surface area (Å²) < 4.78 is -3.51. The maximum absolute atomic E-state index is 10.6. The summed E-state index contributed by atoms with van der Waals surface area (Å²) in [6, 6.07) is 6.73. The molecule has 1 heterocycles. The van der Waals surface area contributed by atoms with Gasteiger partial charge in [0.05, 0.1) is 18.2 Å². The molecule has 1 aliphatic rings. The third-order valence-electron chi connectivity index (χ3n) is 3.30. The van der Waals surface area contributed by atoms with E-state index in [9.17, 15) is 4.79 Å². The van der Waals surface area contributed by atoms with Crippen LogP contribution in [0.1, 0.15) is 18.4 Å². The number of carboxylic acid groups (broad SMARTS) is 1. The molecule has 2 N–H and O–H groups in total. The number of nitrogens with one attached hydrogen (secondary N) is 1. The molecule has 5 nitrogen and oxygen atoms in total. The molecule has 1 aromatic carbocycles. The van der Waals surface area contributed by atoms with E-state index in [4.69, 9.17) is 74.7 Å². The molecule has 0 bridgehead atoms. The van der Waals surface area contributed by atoms with Crippen LogP contribution >= 0.6 is 81.4 Å². The Morgan fingerprint density at radius 2 is 1.85 bits per heavy atom. The number of hydrogen-bond donors (Lipinski definition) is 2. The Kier molecular flexibility index (Phi) is 7.91. The molecule has 1 aromatic rings. The van der Waals surface area contributed by atoms with Crippen molar-refractivity contribution >= 4 is 93.0 Å². The van der Waals surface area contributed by atoms with Gasteiger partial charge in [0, 0.05) is 17.1 Å². The number of hydrazone groups is 1. The Morgan fingerprint density at radius 1 is 1.23 bits per heavy atom. The second-order valence-corrected chi connectivity index (χ2v) is 11.0. The Balaban J connectivity index is 2.19. The number of benzene rings is 1. The van der Waals surface area contributed by atoms with Crippen molar-refractivity contribution < 1.29 is 9.90 Å². The lowest BCUT2D eigenvalue weighted by atomic mass is 10.0. The summed E-state index contributed by atoms with van der Waals surface area (Å²) in [7, 11) is 0. The molecule has 0 spiro atoms. The molecule has 144 valence electrons. The first kappa shape index (κ1) is 22.5. The van der Waals surface area contributed by atoms with E-state index in [0.29, 0.717) is 17.9 Å². The number of hydrogen-bond acceptors (Lipinski definition) is 5. The summed E-state index contributed by atoms with van der Waals surface area (Å²) in [4.78, 5) is 11.5. The predicted octanol–water partition coefficient (Wildman–Crippen LogP) is 5.23. The highest BCUT2D eigenvalue weighted by Crippen LogP contribution is 2.38. The van der Waals surface area contributed by atoms with E-state index in [0.717, 1.165) is 15.6 Å². The van der Waals surface area contributed by atoms with Gasteiger partial charge in [-0.2, -0.15) is 10.2 Å². The van der Waals surface area contributed by atoms with E-state index >= 15 is 0 Å². The van der Waals surface area contributed by atoms with Crippen LogP contribution in [-0.4, -0.2) is 41.4 Å². The summed E-state index contributed by atoms with van der Waals surface area (Å²) in [6.07, 6.45) is 0.396. The Labute approximate surface area is 184 Å². The van der Waals surface area contributed by atoms with Gasteiger partial charge in [-0.1, -0.05) is 81.7 Å². The van der Waals surface area contributed by atoms with E-state index in [1.807, 2.05) is 24.3 Å². The molecule has 2 rings (SSSR count).